The first-order valence-corrected chi connectivity index (χ1v) is 10.3. The Labute approximate surface area is 186 Å². The fourth-order valence-electron chi connectivity index (χ4n) is 4.17. The van der Waals surface area contributed by atoms with Gasteiger partial charge in [-0.05, 0) is 50.3 Å². The second kappa shape index (κ2) is 11.7. The number of benzene rings is 1. The molecule has 1 saturated heterocycles. The molecule has 7 heteroatoms. The van der Waals surface area contributed by atoms with E-state index in [0.29, 0.717) is 12.6 Å². The van der Waals surface area contributed by atoms with E-state index in [9.17, 15) is 5.11 Å². The number of likely N-dealkylation sites (tertiary alicyclic amines) is 1. The van der Waals surface area contributed by atoms with E-state index in [2.05, 4.69) is 27.4 Å². The number of methoxy groups -OCH3 is 1. The van der Waals surface area contributed by atoms with Crippen molar-refractivity contribution < 1.29 is 9.84 Å². The molecular formula is C21H35IN4O2. The molecule has 0 spiro atoms. The molecule has 1 unspecified atom stereocenters. The molecule has 28 heavy (non-hydrogen) atoms. The minimum atomic E-state index is 0. The van der Waals surface area contributed by atoms with Gasteiger partial charge in [0.15, 0.2) is 5.96 Å². The normalized spacial score (nSPS) is 20.8. The third-order valence-corrected chi connectivity index (χ3v) is 5.64. The third-order valence-electron chi connectivity index (χ3n) is 5.64. The Morgan fingerprint density at radius 3 is 2.79 bits per heavy atom. The predicted octanol–water partition coefficient (Wildman–Crippen LogP) is 3.34. The van der Waals surface area contributed by atoms with Gasteiger partial charge < -0.3 is 25.4 Å². The fourth-order valence-corrected chi connectivity index (χ4v) is 4.17. The van der Waals surface area contributed by atoms with E-state index in [4.69, 9.17) is 4.74 Å². The van der Waals surface area contributed by atoms with Crippen LogP contribution in [-0.2, 0) is 6.54 Å². The fraction of sp³-hybridized carbons (Fsp3) is 0.667. The molecule has 2 fully saturated rings. The van der Waals surface area contributed by atoms with Crippen molar-refractivity contribution in [1.29, 1.82) is 0 Å². The van der Waals surface area contributed by atoms with Crippen molar-refractivity contribution in [2.45, 2.75) is 51.6 Å². The van der Waals surface area contributed by atoms with E-state index < -0.39 is 0 Å². The molecule has 0 radical (unpaired) electrons. The number of ether oxygens (including phenoxy) is 1. The summed E-state index contributed by atoms with van der Waals surface area (Å²) < 4.78 is 5.24. The van der Waals surface area contributed by atoms with Crippen LogP contribution < -0.4 is 15.4 Å². The van der Waals surface area contributed by atoms with Gasteiger partial charge in [0.1, 0.15) is 11.5 Å². The predicted molar refractivity (Wildman–Crippen MR) is 125 cm³/mol. The molecular weight excluding hydrogens is 467 g/mol. The molecule has 0 amide bonds. The molecule has 1 saturated carbocycles. The Hall–Kier alpha value is -1.22. The maximum atomic E-state index is 10.1. The molecule has 6 nitrogen and oxygen atoms in total. The van der Waals surface area contributed by atoms with Crippen LogP contribution in [0.3, 0.4) is 0 Å². The van der Waals surface area contributed by atoms with Crippen molar-refractivity contribution in [2.75, 3.05) is 33.3 Å². The lowest BCUT2D eigenvalue weighted by atomic mass is 10.1. The smallest absolute Gasteiger partial charge is 0.191 e. The molecule has 1 aliphatic heterocycles. The summed E-state index contributed by atoms with van der Waals surface area (Å²) in [5.74, 6) is 2.70. The number of rotatable bonds is 7. The van der Waals surface area contributed by atoms with Crippen molar-refractivity contribution in [1.82, 2.24) is 15.5 Å². The van der Waals surface area contributed by atoms with Crippen molar-refractivity contribution >= 4 is 29.9 Å². The highest BCUT2D eigenvalue weighted by molar-refractivity contribution is 14.0. The second-order valence-electron chi connectivity index (χ2n) is 7.73. The van der Waals surface area contributed by atoms with Gasteiger partial charge in [0.2, 0.25) is 0 Å². The summed E-state index contributed by atoms with van der Waals surface area (Å²) in [5.41, 5.74) is 0.765. The average Bonchev–Trinajstić information content (AvgIpc) is 3.33. The van der Waals surface area contributed by atoms with Gasteiger partial charge in [0.05, 0.1) is 13.7 Å². The number of phenols is 1. The summed E-state index contributed by atoms with van der Waals surface area (Å²) >= 11 is 0. The lowest BCUT2D eigenvalue weighted by Crippen LogP contribution is -2.44. The van der Waals surface area contributed by atoms with Crippen LogP contribution in [0.2, 0.25) is 0 Å². The van der Waals surface area contributed by atoms with Crippen molar-refractivity contribution in [3.05, 3.63) is 23.8 Å². The van der Waals surface area contributed by atoms with E-state index in [0.717, 1.165) is 42.7 Å². The Kier molecular flexibility index (Phi) is 9.64. The molecule has 0 bridgehead atoms. The van der Waals surface area contributed by atoms with Gasteiger partial charge in [-0.1, -0.05) is 12.8 Å². The van der Waals surface area contributed by atoms with Gasteiger partial charge in [0.25, 0.3) is 0 Å². The molecule has 2 aliphatic rings. The molecule has 1 aliphatic carbocycles. The summed E-state index contributed by atoms with van der Waals surface area (Å²) in [6.45, 7) is 6.81. The van der Waals surface area contributed by atoms with Gasteiger partial charge in [-0.3, -0.25) is 0 Å². The minimum absolute atomic E-state index is 0. The maximum absolute atomic E-state index is 10.1. The number of nitrogens with one attached hydrogen (secondary N) is 2. The van der Waals surface area contributed by atoms with Crippen molar-refractivity contribution in [3.8, 4) is 11.5 Å². The van der Waals surface area contributed by atoms with Crippen molar-refractivity contribution in [2.24, 2.45) is 10.9 Å². The molecule has 1 atom stereocenters. The highest BCUT2D eigenvalue weighted by Crippen LogP contribution is 2.27. The Morgan fingerprint density at radius 1 is 1.29 bits per heavy atom. The van der Waals surface area contributed by atoms with Crippen LogP contribution in [0.1, 0.15) is 44.6 Å². The average molecular weight is 502 g/mol. The number of guanidine groups is 1. The lowest BCUT2D eigenvalue weighted by molar-refractivity contribution is 0.275. The zero-order valence-corrected chi connectivity index (χ0v) is 19.4. The van der Waals surface area contributed by atoms with E-state index >= 15 is 0 Å². The summed E-state index contributed by atoms with van der Waals surface area (Å²) in [5, 5.41) is 17.0. The van der Waals surface area contributed by atoms with E-state index in [1.54, 1.807) is 19.2 Å². The molecule has 3 N–H and O–H groups in total. The van der Waals surface area contributed by atoms with Crippen LogP contribution in [0.5, 0.6) is 11.5 Å². The number of phenolic OH excluding ortho intramolecular Hbond substituents is 1. The van der Waals surface area contributed by atoms with Crippen LogP contribution in [-0.4, -0.2) is 55.3 Å². The van der Waals surface area contributed by atoms with E-state index in [-0.39, 0.29) is 29.7 Å². The molecule has 3 rings (SSSR count). The zero-order chi connectivity index (χ0) is 19.1. The lowest BCUT2D eigenvalue weighted by Gasteiger charge is -2.21. The van der Waals surface area contributed by atoms with E-state index in [1.165, 1.54) is 38.8 Å². The topological polar surface area (TPSA) is 69.1 Å². The zero-order valence-electron chi connectivity index (χ0n) is 17.1. The highest BCUT2D eigenvalue weighted by Gasteiger charge is 2.26. The molecule has 158 valence electrons. The first-order chi connectivity index (χ1) is 13.2. The number of aliphatic imine (C=N–C) groups is 1. The molecule has 1 aromatic rings. The highest BCUT2D eigenvalue weighted by atomic mass is 127. The largest absolute Gasteiger partial charge is 0.508 e. The maximum Gasteiger partial charge on any atom is 0.191 e. The third kappa shape index (κ3) is 6.69. The number of nitrogens with zero attached hydrogens (tertiary/aromatic N) is 2. The van der Waals surface area contributed by atoms with E-state index in [1.807, 2.05) is 6.07 Å². The first-order valence-electron chi connectivity index (χ1n) is 10.3. The van der Waals surface area contributed by atoms with Gasteiger partial charge in [-0.2, -0.15) is 0 Å². The number of hydrogen-bond donors (Lipinski definition) is 3. The first kappa shape index (κ1) is 23.1. The summed E-state index contributed by atoms with van der Waals surface area (Å²) in [7, 11) is 1.63. The van der Waals surface area contributed by atoms with Crippen LogP contribution in [0, 0.1) is 5.92 Å². The van der Waals surface area contributed by atoms with Gasteiger partial charge in [0, 0.05) is 37.8 Å². The van der Waals surface area contributed by atoms with Gasteiger partial charge in [-0.15, -0.1) is 24.0 Å². The molecule has 1 aromatic carbocycles. The summed E-state index contributed by atoms with van der Waals surface area (Å²) in [4.78, 5) is 7.27. The Balaban J connectivity index is 0.00000280. The number of hydrogen-bond acceptors (Lipinski definition) is 4. The summed E-state index contributed by atoms with van der Waals surface area (Å²) in [6.07, 6.45) is 6.79. The second-order valence-corrected chi connectivity index (χ2v) is 7.73. The standard InChI is InChI=1S/C21H34N4O2.HI/c1-3-22-21(23-13-17-12-19(27-2)8-9-20(17)26)24-18-10-11-25(15-18)14-16-6-4-5-7-16;/h8-9,12,16,18,26H,3-7,10-11,13-15H2,1-2H3,(H2,22,23,24);1H. The Bertz CT molecular complexity index is 635. The minimum Gasteiger partial charge on any atom is -0.508 e. The van der Waals surface area contributed by atoms with Crippen LogP contribution >= 0.6 is 24.0 Å². The SMILES string of the molecule is CCNC(=NCc1cc(OC)ccc1O)NC1CCN(CC2CCCC2)C1.I. The molecule has 0 aromatic heterocycles. The van der Waals surface area contributed by atoms with Crippen LogP contribution in [0.15, 0.2) is 23.2 Å². The van der Waals surface area contributed by atoms with Crippen LogP contribution in [0.4, 0.5) is 0 Å². The Morgan fingerprint density at radius 2 is 2.07 bits per heavy atom. The van der Waals surface area contributed by atoms with Gasteiger partial charge in [-0.25, -0.2) is 4.99 Å². The van der Waals surface area contributed by atoms with Gasteiger partial charge >= 0.3 is 0 Å². The quantitative estimate of drug-likeness (QED) is 0.303. The molecule has 1 heterocycles. The monoisotopic (exact) mass is 502 g/mol. The van der Waals surface area contributed by atoms with Crippen LogP contribution in [0.25, 0.3) is 0 Å². The van der Waals surface area contributed by atoms with Crippen molar-refractivity contribution in [3.63, 3.8) is 0 Å². The summed E-state index contributed by atoms with van der Waals surface area (Å²) in [6, 6.07) is 5.68. The number of aromatic hydroxyl groups is 1. The number of halogens is 1.